The van der Waals surface area contributed by atoms with Crippen molar-refractivity contribution in [1.29, 1.82) is 0 Å². The maximum absolute atomic E-state index is 9.66. The van der Waals surface area contributed by atoms with Crippen molar-refractivity contribution < 1.29 is 10.2 Å². The molecule has 0 amide bonds. The summed E-state index contributed by atoms with van der Waals surface area (Å²) in [7, 11) is 0. The predicted molar refractivity (Wildman–Crippen MR) is 83.6 cm³/mol. The molecule has 0 saturated carbocycles. The summed E-state index contributed by atoms with van der Waals surface area (Å²) in [5.74, 6) is 0.241. The minimum atomic E-state index is 0.120. The van der Waals surface area contributed by atoms with Crippen LogP contribution in [0.25, 0.3) is 0 Å². The lowest BCUT2D eigenvalue weighted by molar-refractivity contribution is 0.220. The van der Waals surface area contributed by atoms with Gasteiger partial charge in [0.25, 0.3) is 0 Å². The third kappa shape index (κ3) is 3.03. The van der Waals surface area contributed by atoms with Gasteiger partial charge in [0.2, 0.25) is 0 Å². The van der Waals surface area contributed by atoms with Crippen LogP contribution < -0.4 is 0 Å². The van der Waals surface area contributed by atoms with E-state index < -0.39 is 0 Å². The molecule has 1 aliphatic heterocycles. The molecule has 3 nitrogen and oxygen atoms in total. The van der Waals surface area contributed by atoms with Crippen LogP contribution in [-0.4, -0.2) is 28.2 Å². The molecule has 110 valence electrons. The monoisotopic (exact) mass is 283 g/mol. The normalized spacial score (nSPS) is 17.0. The standard InChI is InChI=1S/C18H21NO2/c1-13(16-10-17(20)12-18(21)11-16)19-8-6-14-4-2-3-5-15(14)7-9-19/h2-5,10-13,20-21H,6-9H2,1H3. The molecule has 3 rings (SSSR count). The summed E-state index contributed by atoms with van der Waals surface area (Å²) in [6.07, 6.45) is 2.09. The van der Waals surface area contributed by atoms with E-state index >= 15 is 0 Å². The van der Waals surface area contributed by atoms with Gasteiger partial charge in [-0.3, -0.25) is 4.90 Å². The van der Waals surface area contributed by atoms with Gasteiger partial charge in [-0.2, -0.15) is 0 Å². The first-order chi connectivity index (χ1) is 10.1. The van der Waals surface area contributed by atoms with Crippen LogP contribution in [0.3, 0.4) is 0 Å². The van der Waals surface area contributed by atoms with Gasteiger partial charge < -0.3 is 10.2 Å². The summed E-state index contributed by atoms with van der Waals surface area (Å²) in [4.78, 5) is 2.41. The van der Waals surface area contributed by atoms with Crippen molar-refractivity contribution in [3.05, 3.63) is 59.2 Å². The quantitative estimate of drug-likeness (QED) is 0.889. The van der Waals surface area contributed by atoms with Gasteiger partial charge in [-0.1, -0.05) is 24.3 Å². The van der Waals surface area contributed by atoms with Gasteiger partial charge >= 0.3 is 0 Å². The maximum Gasteiger partial charge on any atom is 0.119 e. The highest BCUT2D eigenvalue weighted by molar-refractivity contribution is 5.38. The Hall–Kier alpha value is -2.00. The third-order valence-corrected chi connectivity index (χ3v) is 4.41. The van der Waals surface area contributed by atoms with E-state index in [1.54, 1.807) is 12.1 Å². The minimum absolute atomic E-state index is 0.120. The molecule has 0 fully saturated rings. The molecule has 0 spiro atoms. The Morgan fingerprint density at radius 2 is 1.43 bits per heavy atom. The number of hydrogen-bond donors (Lipinski definition) is 2. The second kappa shape index (κ2) is 5.78. The van der Waals surface area contributed by atoms with E-state index in [-0.39, 0.29) is 17.5 Å². The fraction of sp³-hybridized carbons (Fsp3) is 0.333. The molecule has 0 bridgehead atoms. The summed E-state index contributed by atoms with van der Waals surface area (Å²) in [6, 6.07) is 13.7. The Labute approximate surface area is 125 Å². The average molecular weight is 283 g/mol. The Kier molecular flexibility index (Phi) is 3.84. The Bertz CT molecular complexity index is 592. The molecule has 21 heavy (non-hydrogen) atoms. The second-order valence-corrected chi connectivity index (χ2v) is 5.76. The average Bonchev–Trinajstić information content (AvgIpc) is 2.68. The lowest BCUT2D eigenvalue weighted by atomic mass is 10.0. The van der Waals surface area contributed by atoms with Gasteiger partial charge in [0.15, 0.2) is 0 Å². The molecular formula is C18H21NO2. The van der Waals surface area contributed by atoms with E-state index in [4.69, 9.17) is 0 Å². The fourth-order valence-electron chi connectivity index (χ4n) is 3.14. The number of aromatic hydroxyl groups is 2. The van der Waals surface area contributed by atoms with Crippen LogP contribution in [-0.2, 0) is 12.8 Å². The number of nitrogens with zero attached hydrogens (tertiary/aromatic N) is 1. The first-order valence-corrected chi connectivity index (χ1v) is 7.47. The first kappa shape index (κ1) is 14.0. The number of phenols is 2. The van der Waals surface area contributed by atoms with Crippen molar-refractivity contribution in [1.82, 2.24) is 4.90 Å². The Balaban J connectivity index is 1.79. The molecule has 1 atom stereocenters. The topological polar surface area (TPSA) is 43.7 Å². The van der Waals surface area contributed by atoms with Crippen molar-refractivity contribution >= 4 is 0 Å². The molecule has 2 aromatic carbocycles. The van der Waals surface area contributed by atoms with Gasteiger partial charge in [-0.05, 0) is 48.6 Å². The maximum atomic E-state index is 9.66. The molecule has 3 heteroatoms. The van der Waals surface area contributed by atoms with Crippen LogP contribution >= 0.6 is 0 Å². The summed E-state index contributed by atoms with van der Waals surface area (Å²) in [5, 5.41) is 19.3. The second-order valence-electron chi connectivity index (χ2n) is 5.76. The van der Waals surface area contributed by atoms with Gasteiger partial charge in [0.1, 0.15) is 11.5 Å². The van der Waals surface area contributed by atoms with E-state index in [0.717, 1.165) is 31.5 Å². The van der Waals surface area contributed by atoms with Crippen molar-refractivity contribution in [2.24, 2.45) is 0 Å². The number of phenolic OH excluding ortho intramolecular Hbond substituents is 2. The van der Waals surface area contributed by atoms with Crippen LogP contribution in [0.15, 0.2) is 42.5 Å². The van der Waals surface area contributed by atoms with Gasteiger partial charge in [-0.15, -0.1) is 0 Å². The number of benzene rings is 2. The van der Waals surface area contributed by atoms with Crippen LogP contribution in [0.2, 0.25) is 0 Å². The molecule has 1 aliphatic rings. The summed E-state index contributed by atoms with van der Waals surface area (Å²) in [6.45, 7) is 4.12. The lowest BCUT2D eigenvalue weighted by Crippen LogP contribution is -2.29. The van der Waals surface area contributed by atoms with Crippen LogP contribution in [0, 0.1) is 0 Å². The van der Waals surface area contributed by atoms with Crippen molar-refractivity contribution in [3.63, 3.8) is 0 Å². The predicted octanol–water partition coefficient (Wildman–Crippen LogP) is 3.26. The van der Waals surface area contributed by atoms with Crippen LogP contribution in [0.1, 0.15) is 29.7 Å². The van der Waals surface area contributed by atoms with Crippen LogP contribution in [0.5, 0.6) is 11.5 Å². The van der Waals surface area contributed by atoms with Crippen molar-refractivity contribution in [2.45, 2.75) is 25.8 Å². The van der Waals surface area contributed by atoms with E-state index in [2.05, 4.69) is 36.1 Å². The van der Waals surface area contributed by atoms with Crippen molar-refractivity contribution in [3.8, 4) is 11.5 Å². The molecule has 1 heterocycles. The smallest absolute Gasteiger partial charge is 0.119 e. The Morgan fingerprint density at radius 3 is 1.95 bits per heavy atom. The minimum Gasteiger partial charge on any atom is -0.508 e. The molecule has 0 aromatic heterocycles. The van der Waals surface area contributed by atoms with E-state index in [9.17, 15) is 10.2 Å². The molecular weight excluding hydrogens is 262 g/mol. The zero-order chi connectivity index (χ0) is 14.8. The highest BCUT2D eigenvalue weighted by Crippen LogP contribution is 2.29. The molecule has 2 aromatic rings. The van der Waals surface area contributed by atoms with Gasteiger partial charge in [0.05, 0.1) is 0 Å². The Morgan fingerprint density at radius 1 is 0.905 bits per heavy atom. The van der Waals surface area contributed by atoms with Gasteiger partial charge in [-0.25, -0.2) is 0 Å². The number of fused-ring (bicyclic) bond motifs is 1. The highest BCUT2D eigenvalue weighted by atomic mass is 16.3. The number of hydrogen-bond acceptors (Lipinski definition) is 3. The largest absolute Gasteiger partial charge is 0.508 e. The third-order valence-electron chi connectivity index (χ3n) is 4.41. The molecule has 1 unspecified atom stereocenters. The van der Waals surface area contributed by atoms with E-state index in [1.165, 1.54) is 17.2 Å². The van der Waals surface area contributed by atoms with E-state index in [0.29, 0.717) is 0 Å². The molecule has 0 radical (unpaired) electrons. The van der Waals surface area contributed by atoms with Gasteiger partial charge in [0, 0.05) is 25.2 Å². The van der Waals surface area contributed by atoms with Crippen molar-refractivity contribution in [2.75, 3.05) is 13.1 Å². The zero-order valence-corrected chi connectivity index (χ0v) is 12.3. The van der Waals surface area contributed by atoms with E-state index in [1.807, 2.05) is 0 Å². The summed E-state index contributed by atoms with van der Waals surface area (Å²) in [5.41, 5.74) is 3.83. The summed E-state index contributed by atoms with van der Waals surface area (Å²) >= 11 is 0. The fourth-order valence-corrected chi connectivity index (χ4v) is 3.14. The van der Waals surface area contributed by atoms with Crippen LogP contribution in [0.4, 0.5) is 0 Å². The SMILES string of the molecule is CC(c1cc(O)cc(O)c1)N1CCc2ccccc2CC1. The molecule has 2 N–H and O–H groups in total. The number of rotatable bonds is 2. The zero-order valence-electron chi connectivity index (χ0n) is 12.3. The highest BCUT2D eigenvalue weighted by Gasteiger charge is 2.20. The lowest BCUT2D eigenvalue weighted by Gasteiger charge is -2.28. The first-order valence-electron chi connectivity index (χ1n) is 7.47. The summed E-state index contributed by atoms with van der Waals surface area (Å²) < 4.78 is 0. The molecule has 0 saturated heterocycles. The molecule has 0 aliphatic carbocycles.